The van der Waals surface area contributed by atoms with Crippen LogP contribution in [0, 0.1) is 5.41 Å². The summed E-state index contributed by atoms with van der Waals surface area (Å²) in [5.41, 5.74) is 7.24. The molecule has 1 fully saturated rings. The Morgan fingerprint density at radius 3 is 2.36 bits per heavy atom. The first-order valence-corrected chi connectivity index (χ1v) is 8.99. The maximum absolute atomic E-state index is 12.7. The highest BCUT2D eigenvalue weighted by atomic mass is 16.2. The third-order valence-corrected chi connectivity index (χ3v) is 4.41. The van der Waals surface area contributed by atoms with Crippen LogP contribution in [0.15, 0.2) is 54.9 Å². The fourth-order valence-corrected chi connectivity index (χ4v) is 2.89. The van der Waals surface area contributed by atoms with Gasteiger partial charge in [0.2, 0.25) is 5.91 Å². The molecule has 3 heterocycles. The van der Waals surface area contributed by atoms with Crippen LogP contribution in [-0.4, -0.2) is 63.6 Å². The van der Waals surface area contributed by atoms with Crippen molar-refractivity contribution in [2.75, 3.05) is 26.2 Å². The number of nitrogens with one attached hydrogen (secondary N) is 1. The molecular formula is C20H22N6O2. The van der Waals surface area contributed by atoms with Crippen molar-refractivity contribution in [2.45, 2.75) is 6.42 Å². The normalized spacial score (nSPS) is 14.3. The first-order chi connectivity index (χ1) is 13.5. The van der Waals surface area contributed by atoms with Crippen molar-refractivity contribution in [2.24, 2.45) is 5.73 Å². The maximum atomic E-state index is 12.7. The molecule has 0 unspecified atom stereocenters. The lowest BCUT2D eigenvalue weighted by molar-refractivity contribution is -0.127. The molecule has 2 aromatic rings. The van der Waals surface area contributed by atoms with E-state index < -0.39 is 0 Å². The largest absolute Gasteiger partial charge is 0.387 e. The molecule has 3 rings (SSSR count). The Kier molecular flexibility index (Phi) is 6.11. The van der Waals surface area contributed by atoms with E-state index in [-0.39, 0.29) is 24.1 Å². The van der Waals surface area contributed by atoms with Crippen molar-refractivity contribution in [3.05, 3.63) is 60.4 Å². The van der Waals surface area contributed by atoms with Gasteiger partial charge in [-0.15, -0.1) is 0 Å². The molecule has 1 aliphatic heterocycles. The van der Waals surface area contributed by atoms with Crippen LogP contribution in [0.4, 0.5) is 0 Å². The van der Waals surface area contributed by atoms with E-state index in [2.05, 4.69) is 9.97 Å². The second kappa shape index (κ2) is 8.90. The van der Waals surface area contributed by atoms with E-state index in [4.69, 9.17) is 11.1 Å². The Morgan fingerprint density at radius 2 is 1.75 bits per heavy atom. The first-order valence-electron chi connectivity index (χ1n) is 8.99. The number of amidine groups is 1. The highest BCUT2D eigenvalue weighted by Crippen LogP contribution is 2.15. The molecule has 0 aromatic carbocycles. The van der Waals surface area contributed by atoms with Crippen molar-refractivity contribution >= 4 is 17.6 Å². The monoisotopic (exact) mass is 378 g/mol. The van der Waals surface area contributed by atoms with E-state index in [1.54, 1.807) is 40.4 Å². The SMILES string of the molecule is N=C(N)C/C=C/C(=O)N1CCN(C(=O)c2ccc(-c3ccccn3)nc2)CC1. The van der Waals surface area contributed by atoms with Gasteiger partial charge < -0.3 is 15.5 Å². The maximum Gasteiger partial charge on any atom is 0.255 e. The molecule has 8 heteroatoms. The Morgan fingerprint density at radius 1 is 1.04 bits per heavy atom. The molecule has 0 radical (unpaired) electrons. The highest BCUT2D eigenvalue weighted by molar-refractivity contribution is 5.94. The average molecular weight is 378 g/mol. The number of piperazine rings is 1. The second-order valence-electron chi connectivity index (χ2n) is 6.40. The van der Waals surface area contributed by atoms with Gasteiger partial charge >= 0.3 is 0 Å². The molecular weight excluding hydrogens is 356 g/mol. The molecule has 1 saturated heterocycles. The van der Waals surface area contributed by atoms with Crippen LogP contribution in [0.2, 0.25) is 0 Å². The van der Waals surface area contributed by atoms with Gasteiger partial charge in [0.1, 0.15) is 0 Å². The first kappa shape index (κ1) is 19.2. The lowest BCUT2D eigenvalue weighted by Crippen LogP contribution is -2.50. The van der Waals surface area contributed by atoms with Crippen molar-refractivity contribution in [1.82, 2.24) is 19.8 Å². The van der Waals surface area contributed by atoms with Gasteiger partial charge in [-0.2, -0.15) is 0 Å². The molecule has 28 heavy (non-hydrogen) atoms. The lowest BCUT2D eigenvalue weighted by atomic mass is 10.2. The van der Waals surface area contributed by atoms with Crippen LogP contribution in [0.3, 0.4) is 0 Å². The number of carbonyl (C=O) groups is 2. The summed E-state index contributed by atoms with van der Waals surface area (Å²) < 4.78 is 0. The van der Waals surface area contributed by atoms with Crippen LogP contribution in [0.5, 0.6) is 0 Å². The summed E-state index contributed by atoms with van der Waals surface area (Å²) in [7, 11) is 0. The van der Waals surface area contributed by atoms with Gasteiger partial charge in [0, 0.05) is 45.0 Å². The summed E-state index contributed by atoms with van der Waals surface area (Å²) >= 11 is 0. The van der Waals surface area contributed by atoms with E-state index in [9.17, 15) is 9.59 Å². The fourth-order valence-electron chi connectivity index (χ4n) is 2.89. The number of carbonyl (C=O) groups excluding carboxylic acids is 2. The van der Waals surface area contributed by atoms with E-state index in [0.717, 1.165) is 5.69 Å². The topological polar surface area (TPSA) is 116 Å². The molecule has 0 atom stereocenters. The second-order valence-corrected chi connectivity index (χ2v) is 6.40. The minimum atomic E-state index is -0.130. The molecule has 2 amide bonds. The summed E-state index contributed by atoms with van der Waals surface area (Å²) in [4.78, 5) is 36.8. The predicted octanol–water partition coefficient (Wildman–Crippen LogP) is 1.31. The summed E-state index contributed by atoms with van der Waals surface area (Å²) in [5, 5.41) is 7.15. The number of nitrogens with two attached hydrogens (primary N) is 1. The van der Waals surface area contributed by atoms with Crippen molar-refractivity contribution in [3.63, 3.8) is 0 Å². The van der Waals surface area contributed by atoms with Gasteiger partial charge in [-0.1, -0.05) is 12.1 Å². The summed E-state index contributed by atoms with van der Waals surface area (Å²) in [6.07, 6.45) is 6.53. The molecule has 8 nitrogen and oxygen atoms in total. The van der Waals surface area contributed by atoms with Gasteiger partial charge in [-0.05, 0) is 30.3 Å². The van der Waals surface area contributed by atoms with Gasteiger partial charge in [-0.3, -0.25) is 25.0 Å². The molecule has 144 valence electrons. The Balaban J connectivity index is 1.56. The molecule has 1 aliphatic rings. The van der Waals surface area contributed by atoms with Crippen LogP contribution in [0.25, 0.3) is 11.4 Å². The number of amides is 2. The molecule has 0 aliphatic carbocycles. The zero-order valence-corrected chi connectivity index (χ0v) is 15.4. The number of nitrogens with zero attached hydrogens (tertiary/aromatic N) is 4. The minimum absolute atomic E-state index is 0.0159. The summed E-state index contributed by atoms with van der Waals surface area (Å²) in [6, 6.07) is 9.13. The van der Waals surface area contributed by atoms with Gasteiger partial charge in [0.25, 0.3) is 5.91 Å². The van der Waals surface area contributed by atoms with Gasteiger partial charge in [0.05, 0.1) is 22.8 Å². The summed E-state index contributed by atoms with van der Waals surface area (Å²) in [6.45, 7) is 1.86. The Labute approximate surface area is 163 Å². The van der Waals surface area contributed by atoms with Crippen molar-refractivity contribution < 1.29 is 9.59 Å². The number of rotatable bonds is 5. The standard InChI is InChI=1S/C20H22N6O2/c21-18(22)5-3-6-19(27)25-10-12-26(13-11-25)20(28)15-7-8-17(24-14-15)16-4-1-2-9-23-16/h1-4,6-9,14H,5,10-13H2,(H3,21,22)/b6-3+. The van der Waals surface area contributed by atoms with Gasteiger partial charge in [0.15, 0.2) is 0 Å². The van der Waals surface area contributed by atoms with E-state index in [0.29, 0.717) is 37.4 Å². The third kappa shape index (κ3) is 4.79. The van der Waals surface area contributed by atoms with Crippen molar-refractivity contribution in [1.29, 1.82) is 5.41 Å². The minimum Gasteiger partial charge on any atom is -0.387 e. The molecule has 0 saturated carbocycles. The smallest absolute Gasteiger partial charge is 0.255 e. The number of aromatic nitrogens is 2. The third-order valence-electron chi connectivity index (χ3n) is 4.41. The molecule has 0 spiro atoms. The average Bonchev–Trinajstić information content (AvgIpc) is 2.74. The van der Waals surface area contributed by atoms with E-state index in [1.807, 2.05) is 18.2 Å². The molecule has 0 bridgehead atoms. The number of hydrogen-bond donors (Lipinski definition) is 2. The highest BCUT2D eigenvalue weighted by Gasteiger charge is 2.24. The van der Waals surface area contributed by atoms with Gasteiger partial charge in [-0.25, -0.2) is 0 Å². The summed E-state index contributed by atoms with van der Waals surface area (Å²) in [5.74, 6) is -0.212. The van der Waals surface area contributed by atoms with E-state index in [1.165, 1.54) is 6.08 Å². The fraction of sp³-hybridized carbons (Fsp3) is 0.250. The Bertz CT molecular complexity index is 871. The van der Waals surface area contributed by atoms with E-state index >= 15 is 0 Å². The predicted molar refractivity (Wildman–Crippen MR) is 106 cm³/mol. The zero-order chi connectivity index (χ0) is 19.9. The van der Waals surface area contributed by atoms with Crippen LogP contribution in [-0.2, 0) is 4.79 Å². The van der Waals surface area contributed by atoms with Crippen LogP contribution >= 0.6 is 0 Å². The number of pyridine rings is 2. The molecule has 2 aromatic heterocycles. The van der Waals surface area contributed by atoms with Crippen molar-refractivity contribution in [3.8, 4) is 11.4 Å². The zero-order valence-electron chi connectivity index (χ0n) is 15.4. The van der Waals surface area contributed by atoms with Crippen LogP contribution in [0.1, 0.15) is 16.8 Å². The Hall–Kier alpha value is -3.55. The number of hydrogen-bond acceptors (Lipinski definition) is 5. The molecule has 3 N–H and O–H groups in total. The quantitative estimate of drug-likeness (QED) is 0.462. The lowest BCUT2D eigenvalue weighted by Gasteiger charge is -2.34. The van der Waals surface area contributed by atoms with Crippen LogP contribution < -0.4 is 5.73 Å².